The lowest BCUT2D eigenvalue weighted by molar-refractivity contribution is -0.161. The van der Waals surface area contributed by atoms with Crippen LogP contribution in [-0.2, 0) is 27.3 Å². The number of rotatable bonds is 12. The van der Waals surface area contributed by atoms with E-state index in [0.717, 1.165) is 24.0 Å². The molecule has 0 spiro atoms. The molecule has 5 atom stereocenters. The molecule has 1 saturated heterocycles. The average Bonchev–Trinajstić information content (AvgIpc) is 3.80. The minimum absolute atomic E-state index is 0.0566. The number of hydrogen-bond donors (Lipinski definition) is 2. The van der Waals surface area contributed by atoms with Gasteiger partial charge in [0.25, 0.3) is 0 Å². The second kappa shape index (κ2) is 13.7. The van der Waals surface area contributed by atoms with Crippen molar-refractivity contribution in [1.29, 1.82) is 0 Å². The first-order chi connectivity index (χ1) is 20.9. The van der Waals surface area contributed by atoms with Gasteiger partial charge in [0.1, 0.15) is 5.82 Å². The van der Waals surface area contributed by atoms with E-state index >= 15 is 0 Å². The van der Waals surface area contributed by atoms with E-state index in [-0.39, 0.29) is 49.5 Å². The zero-order valence-electron chi connectivity index (χ0n) is 24.2. The molecule has 44 heavy (non-hydrogen) atoms. The maximum atomic E-state index is 14.6. The lowest BCUT2D eigenvalue weighted by Crippen LogP contribution is -2.59. The number of carbonyl (C=O) groups is 2. The number of hydrogen-bond acceptors (Lipinski definition) is 3. The monoisotopic (exact) mass is 660 g/mol. The van der Waals surface area contributed by atoms with Gasteiger partial charge in [0.15, 0.2) is 0 Å². The fourth-order valence-corrected chi connectivity index (χ4v) is 7.43. The van der Waals surface area contributed by atoms with Gasteiger partial charge in [0, 0.05) is 35.1 Å². The molecule has 1 aliphatic carbocycles. The molecule has 3 aromatic carbocycles. The summed E-state index contributed by atoms with van der Waals surface area (Å²) in [5.41, 5.74) is 1.15. The van der Waals surface area contributed by atoms with Crippen molar-refractivity contribution in [3.8, 4) is 0 Å². The number of benzene rings is 3. The van der Waals surface area contributed by atoms with E-state index in [0.29, 0.717) is 22.0 Å². The van der Waals surface area contributed by atoms with E-state index in [4.69, 9.17) is 23.2 Å². The maximum Gasteiger partial charge on any atom is 0.304 e. The Hall–Kier alpha value is -2.82. The molecule has 2 aliphatic rings. The summed E-state index contributed by atoms with van der Waals surface area (Å²) in [6.45, 7) is 1.94. The molecule has 1 aliphatic heterocycles. The lowest BCUT2D eigenvalue weighted by atomic mass is 9.67. The third kappa shape index (κ3) is 7.51. The highest BCUT2D eigenvalue weighted by atomic mass is 35.5. The van der Waals surface area contributed by atoms with Crippen LogP contribution in [0, 0.1) is 17.2 Å². The molecule has 11 heteroatoms. The summed E-state index contributed by atoms with van der Waals surface area (Å²) in [6, 6.07) is 19.8. The number of carbonyl (C=O) groups excluding carboxylic acids is 1. The van der Waals surface area contributed by atoms with Crippen LogP contribution >= 0.6 is 23.2 Å². The maximum absolute atomic E-state index is 14.6. The van der Waals surface area contributed by atoms with Crippen LogP contribution in [0.25, 0.3) is 0 Å². The highest BCUT2D eigenvalue weighted by Crippen LogP contribution is 2.54. The van der Waals surface area contributed by atoms with Crippen LogP contribution in [0.4, 0.5) is 4.39 Å². The fourth-order valence-electron chi connectivity index (χ4n) is 6.58. The van der Waals surface area contributed by atoms with E-state index in [9.17, 15) is 27.8 Å². The van der Waals surface area contributed by atoms with Gasteiger partial charge in [0.2, 0.25) is 17.2 Å². The Morgan fingerprint density at radius 1 is 1.07 bits per heavy atom. The molecule has 3 unspecified atom stereocenters. The van der Waals surface area contributed by atoms with Gasteiger partial charge in [-0.15, -0.1) is 0 Å². The number of amides is 1. The van der Waals surface area contributed by atoms with Crippen molar-refractivity contribution < 1.29 is 27.8 Å². The van der Waals surface area contributed by atoms with Gasteiger partial charge in [-0.2, -0.15) is 4.31 Å². The van der Waals surface area contributed by atoms with E-state index in [1.807, 2.05) is 30.3 Å². The quantitative estimate of drug-likeness (QED) is 0.201. The Balaban J connectivity index is 1.59. The summed E-state index contributed by atoms with van der Waals surface area (Å²) in [7, 11) is 0. The first-order valence-electron chi connectivity index (χ1n) is 14.6. The van der Waals surface area contributed by atoms with Gasteiger partial charge in [-0.05, 0) is 84.7 Å². The molecule has 0 radical (unpaired) electrons. The molecule has 2 N–H and O–H groups in total. The minimum Gasteiger partial charge on any atom is -0.481 e. The molecule has 1 amide bonds. The van der Waals surface area contributed by atoms with Crippen molar-refractivity contribution in [2.45, 2.75) is 57.0 Å². The summed E-state index contributed by atoms with van der Waals surface area (Å²) in [6.07, 6.45) is 1.90. The van der Waals surface area contributed by atoms with Crippen LogP contribution in [0.15, 0.2) is 72.8 Å². The molecular weight excluding hydrogens is 626 g/mol. The normalized spacial score (nSPS) is 23.5. The highest BCUT2D eigenvalue weighted by Gasteiger charge is 2.54. The number of nitrogens with zero attached hydrogens (tertiary/aromatic N) is 2. The third-order valence-corrected chi connectivity index (χ3v) is 10.1. The minimum atomic E-state index is -2.37. The van der Waals surface area contributed by atoms with Crippen molar-refractivity contribution >= 4 is 46.3 Å². The molecule has 3 aromatic rings. The predicted octanol–water partition coefficient (Wildman–Crippen LogP) is 7.13. The third-order valence-electron chi connectivity index (χ3n) is 8.81. The Morgan fingerprint density at radius 2 is 1.77 bits per heavy atom. The molecular formula is C33H35Cl2FN2O5S. The van der Waals surface area contributed by atoms with Crippen LogP contribution < -0.4 is 0 Å². The molecule has 1 saturated carbocycles. The Bertz CT molecular complexity index is 1540. The van der Waals surface area contributed by atoms with E-state index in [1.54, 1.807) is 42.2 Å². The topological polar surface area (TPSA) is 98.2 Å². The van der Waals surface area contributed by atoms with Crippen LogP contribution in [-0.4, -0.2) is 54.1 Å². The van der Waals surface area contributed by atoms with E-state index in [1.165, 1.54) is 16.4 Å². The van der Waals surface area contributed by atoms with Crippen molar-refractivity contribution in [2.24, 2.45) is 11.3 Å². The van der Waals surface area contributed by atoms with Crippen molar-refractivity contribution in [3.63, 3.8) is 0 Å². The van der Waals surface area contributed by atoms with Gasteiger partial charge in [-0.3, -0.25) is 14.1 Å². The summed E-state index contributed by atoms with van der Waals surface area (Å²) in [4.78, 5) is 28.5. The summed E-state index contributed by atoms with van der Waals surface area (Å²) in [5, 5.41) is 11.0. The summed E-state index contributed by atoms with van der Waals surface area (Å²) in [5.74, 6) is -2.03. The van der Waals surface area contributed by atoms with Crippen molar-refractivity contribution in [3.05, 3.63) is 105 Å². The summed E-state index contributed by atoms with van der Waals surface area (Å²) < 4.78 is 38.3. The van der Waals surface area contributed by atoms with Gasteiger partial charge >= 0.3 is 5.97 Å². The zero-order chi connectivity index (χ0) is 31.6. The number of carboxylic acid groups (broad SMARTS) is 1. The molecule has 1 heterocycles. The standard InChI is InChI=1S/C33H35Cl2FN2O5S/c1-33(19-30(39)40)18-28(24-5-3-6-26(35)17-24)31(23-10-12-25(34)13-11-23)38(32(33)41)29(22-8-9-22)20-37(44(42)43)15-14-21-4-2-7-27(36)16-21/h2-7,10-13,16-17,22,28-29,31H,8-9,14-15,18-20H2,1H3,(H,39,40)(H,42,43)/t28?,29?,31-,33-/m1/s1. The molecule has 0 aromatic heterocycles. The van der Waals surface area contributed by atoms with Gasteiger partial charge in [-0.25, -0.2) is 8.60 Å². The van der Waals surface area contributed by atoms with Gasteiger partial charge < -0.3 is 10.0 Å². The Morgan fingerprint density at radius 3 is 2.39 bits per heavy atom. The first kappa shape index (κ1) is 32.6. The number of likely N-dealkylation sites (tertiary alicyclic amines) is 1. The number of piperidine rings is 1. The fraction of sp³-hybridized carbons (Fsp3) is 0.394. The van der Waals surface area contributed by atoms with Gasteiger partial charge in [0.05, 0.1) is 17.9 Å². The largest absolute Gasteiger partial charge is 0.481 e. The first-order valence-corrected chi connectivity index (χ1v) is 16.4. The molecule has 2 fully saturated rings. The smallest absolute Gasteiger partial charge is 0.304 e. The predicted molar refractivity (Wildman–Crippen MR) is 169 cm³/mol. The number of carboxylic acids is 1. The average molecular weight is 662 g/mol. The van der Waals surface area contributed by atoms with Crippen LogP contribution in [0.3, 0.4) is 0 Å². The molecule has 7 nitrogen and oxygen atoms in total. The van der Waals surface area contributed by atoms with E-state index < -0.39 is 34.7 Å². The van der Waals surface area contributed by atoms with Crippen LogP contribution in [0.1, 0.15) is 61.3 Å². The SMILES string of the molecule is C[C@]1(CC(=O)O)CC(c2cccc(Cl)c2)[C@@H](c2ccc(Cl)cc2)N(C(CN(CCc2cccc(F)c2)S(=O)O)C2CC2)C1=O. The number of halogens is 3. The molecule has 0 bridgehead atoms. The molecule has 5 rings (SSSR count). The number of aliphatic carboxylic acids is 1. The van der Waals surface area contributed by atoms with E-state index in [2.05, 4.69) is 0 Å². The second-order valence-corrected chi connectivity index (χ2v) is 14.0. The second-order valence-electron chi connectivity index (χ2n) is 12.1. The van der Waals surface area contributed by atoms with Crippen LogP contribution in [0.2, 0.25) is 10.0 Å². The molecule has 234 valence electrons. The van der Waals surface area contributed by atoms with Gasteiger partial charge in [-0.1, -0.05) is 66.5 Å². The highest BCUT2D eigenvalue weighted by molar-refractivity contribution is 7.76. The Labute approximate surface area is 269 Å². The lowest BCUT2D eigenvalue weighted by Gasteiger charge is -2.52. The zero-order valence-corrected chi connectivity index (χ0v) is 26.6. The Kier molecular flexibility index (Phi) is 10.1. The van der Waals surface area contributed by atoms with Crippen molar-refractivity contribution in [1.82, 2.24) is 9.21 Å². The van der Waals surface area contributed by atoms with Crippen LogP contribution in [0.5, 0.6) is 0 Å². The van der Waals surface area contributed by atoms with Crippen molar-refractivity contribution in [2.75, 3.05) is 13.1 Å². The summed E-state index contributed by atoms with van der Waals surface area (Å²) >= 11 is 10.3.